The second kappa shape index (κ2) is 10.2. The summed E-state index contributed by atoms with van der Waals surface area (Å²) in [5.41, 5.74) is 3.08. The van der Waals surface area contributed by atoms with E-state index >= 15 is 0 Å². The van der Waals surface area contributed by atoms with Crippen molar-refractivity contribution in [3.8, 4) is 17.2 Å². The van der Waals surface area contributed by atoms with Crippen molar-refractivity contribution in [3.63, 3.8) is 0 Å². The minimum absolute atomic E-state index is 0.108. The van der Waals surface area contributed by atoms with E-state index in [0.717, 1.165) is 5.56 Å². The van der Waals surface area contributed by atoms with Crippen molar-refractivity contribution in [3.05, 3.63) is 75.6 Å². The zero-order valence-corrected chi connectivity index (χ0v) is 18.6. The maximum absolute atomic E-state index is 12.6. The highest BCUT2D eigenvalue weighted by Gasteiger charge is 2.23. The molecule has 1 amide bonds. The van der Waals surface area contributed by atoms with Crippen LogP contribution in [0.25, 0.3) is 11.1 Å². The van der Waals surface area contributed by atoms with Gasteiger partial charge in [-0.15, -0.1) is 11.3 Å². The van der Waals surface area contributed by atoms with Crippen molar-refractivity contribution >= 4 is 39.8 Å². The largest absolute Gasteiger partial charge is 0.465 e. The first-order valence-corrected chi connectivity index (χ1v) is 10.6. The first-order valence-electron chi connectivity index (χ1n) is 9.35. The second-order valence-electron chi connectivity index (χ2n) is 6.86. The molecule has 0 bridgehead atoms. The number of nitriles is 1. The second-order valence-corrected chi connectivity index (χ2v) is 8.14. The van der Waals surface area contributed by atoms with Gasteiger partial charge in [-0.25, -0.2) is 4.79 Å². The number of thiophene rings is 1. The van der Waals surface area contributed by atoms with Crippen molar-refractivity contribution in [2.45, 2.75) is 6.54 Å². The van der Waals surface area contributed by atoms with E-state index in [1.165, 1.54) is 18.4 Å². The smallest absolute Gasteiger partial charge is 0.341 e. The normalized spacial score (nSPS) is 10.5. The number of benzene rings is 2. The molecule has 3 aromatic rings. The predicted molar refractivity (Wildman–Crippen MR) is 122 cm³/mol. The summed E-state index contributed by atoms with van der Waals surface area (Å²) in [7, 11) is 3.11. The van der Waals surface area contributed by atoms with Crippen LogP contribution in [-0.4, -0.2) is 37.5 Å². The Morgan fingerprint density at radius 1 is 1.19 bits per heavy atom. The molecule has 8 heteroatoms. The van der Waals surface area contributed by atoms with Crippen LogP contribution in [0.1, 0.15) is 21.5 Å². The number of hydrogen-bond acceptors (Lipinski definition) is 6. The summed E-state index contributed by atoms with van der Waals surface area (Å²) in [4.78, 5) is 26.9. The number of methoxy groups -OCH3 is 1. The molecule has 1 aromatic heterocycles. The van der Waals surface area contributed by atoms with Gasteiger partial charge in [-0.2, -0.15) is 5.26 Å². The fourth-order valence-electron chi connectivity index (χ4n) is 3.15. The minimum Gasteiger partial charge on any atom is -0.465 e. The number of nitrogens with zero attached hydrogens (tertiary/aromatic N) is 2. The molecule has 1 heterocycles. The fraction of sp³-hybridized carbons (Fsp3) is 0.174. The third-order valence-corrected chi connectivity index (χ3v) is 5.74. The van der Waals surface area contributed by atoms with E-state index in [0.29, 0.717) is 33.3 Å². The number of rotatable bonds is 7. The van der Waals surface area contributed by atoms with E-state index in [9.17, 15) is 9.59 Å². The van der Waals surface area contributed by atoms with Gasteiger partial charge in [-0.3, -0.25) is 9.69 Å². The summed E-state index contributed by atoms with van der Waals surface area (Å²) in [5.74, 6) is -0.815. The Bertz CT molecular complexity index is 1150. The van der Waals surface area contributed by atoms with Gasteiger partial charge >= 0.3 is 5.97 Å². The lowest BCUT2D eigenvalue weighted by atomic mass is 10.0. The van der Waals surface area contributed by atoms with Crippen LogP contribution in [0.2, 0.25) is 5.02 Å². The lowest BCUT2D eigenvalue weighted by Crippen LogP contribution is -2.30. The third-order valence-electron chi connectivity index (χ3n) is 4.52. The molecular formula is C23H20ClN3O3S. The number of ether oxygens (including phenoxy) is 1. The van der Waals surface area contributed by atoms with Gasteiger partial charge < -0.3 is 10.1 Å². The number of anilines is 1. The number of carbonyl (C=O) groups is 2. The van der Waals surface area contributed by atoms with Crippen LogP contribution in [-0.2, 0) is 16.1 Å². The zero-order valence-electron chi connectivity index (χ0n) is 17.0. The van der Waals surface area contributed by atoms with Gasteiger partial charge in [0.15, 0.2) is 0 Å². The zero-order chi connectivity index (χ0) is 22.4. The van der Waals surface area contributed by atoms with Crippen LogP contribution in [0.3, 0.4) is 0 Å². The van der Waals surface area contributed by atoms with Crippen molar-refractivity contribution in [1.82, 2.24) is 4.90 Å². The van der Waals surface area contributed by atoms with Crippen LogP contribution < -0.4 is 5.32 Å². The lowest BCUT2D eigenvalue weighted by Gasteiger charge is -2.16. The number of likely N-dealkylation sites (N-methyl/N-ethyl adjacent to an activating group) is 1. The maximum atomic E-state index is 12.6. The molecule has 0 aliphatic rings. The number of esters is 1. The first kappa shape index (κ1) is 22.5. The van der Waals surface area contributed by atoms with Gasteiger partial charge in [0.25, 0.3) is 0 Å². The monoisotopic (exact) mass is 453 g/mol. The van der Waals surface area contributed by atoms with Crippen LogP contribution in [0.4, 0.5) is 5.00 Å². The average molecular weight is 454 g/mol. The van der Waals surface area contributed by atoms with Crippen molar-refractivity contribution in [2.75, 3.05) is 26.0 Å². The van der Waals surface area contributed by atoms with Crippen molar-refractivity contribution in [2.24, 2.45) is 0 Å². The number of carbonyl (C=O) groups excluding carboxylic acids is 2. The van der Waals surface area contributed by atoms with Crippen LogP contribution >= 0.6 is 22.9 Å². The molecule has 3 rings (SSSR count). The van der Waals surface area contributed by atoms with E-state index in [4.69, 9.17) is 21.6 Å². The molecule has 31 heavy (non-hydrogen) atoms. The first-order chi connectivity index (χ1) is 14.9. The van der Waals surface area contributed by atoms with E-state index < -0.39 is 5.97 Å². The summed E-state index contributed by atoms with van der Waals surface area (Å²) < 4.78 is 4.94. The Labute approximate surface area is 189 Å². The number of nitrogens with one attached hydrogen (secondary N) is 1. The standard InChI is InChI=1S/C23H20ClN3O3S/c1-27(12-16-7-5-6-15(10-16)11-25)13-20(28)26-22-21(23(29)30-2)18(14-31-22)17-8-3-4-9-19(17)24/h3-10,14H,12-13H2,1-2H3,(H,26,28). The molecule has 0 saturated carbocycles. The quantitative estimate of drug-likeness (QED) is 0.520. The molecule has 2 aromatic carbocycles. The fourth-order valence-corrected chi connectivity index (χ4v) is 4.35. The SMILES string of the molecule is COC(=O)c1c(-c2ccccc2Cl)csc1NC(=O)CN(C)Cc1cccc(C#N)c1. The van der Waals surface area contributed by atoms with Gasteiger partial charge in [0.05, 0.1) is 25.3 Å². The van der Waals surface area contributed by atoms with E-state index in [1.807, 2.05) is 36.2 Å². The summed E-state index contributed by atoms with van der Waals surface area (Å²) in [6.07, 6.45) is 0. The Balaban J connectivity index is 1.76. The summed E-state index contributed by atoms with van der Waals surface area (Å²) in [6.45, 7) is 0.610. The Kier molecular flexibility index (Phi) is 7.42. The van der Waals surface area contributed by atoms with E-state index in [2.05, 4.69) is 11.4 Å². The highest BCUT2D eigenvalue weighted by Crippen LogP contribution is 2.39. The molecule has 0 unspecified atom stereocenters. The number of amides is 1. The van der Waals surface area contributed by atoms with Crippen LogP contribution in [0.5, 0.6) is 0 Å². The molecule has 0 fully saturated rings. The number of halogens is 1. The van der Waals surface area contributed by atoms with Gasteiger partial charge in [0.1, 0.15) is 10.6 Å². The minimum atomic E-state index is -0.548. The molecule has 158 valence electrons. The van der Waals surface area contributed by atoms with Gasteiger partial charge in [-0.1, -0.05) is 41.9 Å². The summed E-state index contributed by atoms with van der Waals surface area (Å²) in [5, 5.41) is 14.5. The van der Waals surface area contributed by atoms with Gasteiger partial charge in [-0.05, 0) is 30.8 Å². The van der Waals surface area contributed by atoms with Gasteiger partial charge in [0, 0.05) is 28.1 Å². The topological polar surface area (TPSA) is 82.4 Å². The summed E-state index contributed by atoms with van der Waals surface area (Å²) in [6, 6.07) is 16.5. The molecule has 0 spiro atoms. The van der Waals surface area contributed by atoms with E-state index in [1.54, 1.807) is 29.6 Å². The molecule has 0 radical (unpaired) electrons. The molecule has 0 atom stereocenters. The number of hydrogen-bond donors (Lipinski definition) is 1. The highest BCUT2D eigenvalue weighted by molar-refractivity contribution is 7.15. The average Bonchev–Trinajstić information content (AvgIpc) is 3.16. The summed E-state index contributed by atoms with van der Waals surface area (Å²) >= 11 is 7.54. The molecule has 6 nitrogen and oxygen atoms in total. The maximum Gasteiger partial charge on any atom is 0.341 e. The molecular weight excluding hydrogens is 434 g/mol. The van der Waals surface area contributed by atoms with Crippen molar-refractivity contribution in [1.29, 1.82) is 5.26 Å². The highest BCUT2D eigenvalue weighted by atomic mass is 35.5. The van der Waals surface area contributed by atoms with Crippen LogP contribution in [0.15, 0.2) is 53.9 Å². The predicted octanol–water partition coefficient (Wildman–Crippen LogP) is 4.80. The van der Waals surface area contributed by atoms with E-state index in [-0.39, 0.29) is 18.0 Å². The van der Waals surface area contributed by atoms with Crippen LogP contribution in [0, 0.1) is 11.3 Å². The Hall–Kier alpha value is -3.18. The molecule has 0 aliphatic carbocycles. The molecule has 0 aliphatic heterocycles. The third kappa shape index (κ3) is 5.50. The van der Waals surface area contributed by atoms with Crippen molar-refractivity contribution < 1.29 is 14.3 Å². The Morgan fingerprint density at radius 3 is 2.68 bits per heavy atom. The lowest BCUT2D eigenvalue weighted by molar-refractivity contribution is -0.117. The van der Waals surface area contributed by atoms with Gasteiger partial charge in [0.2, 0.25) is 5.91 Å². The Morgan fingerprint density at radius 2 is 1.97 bits per heavy atom. The molecule has 0 saturated heterocycles. The molecule has 1 N–H and O–H groups in total.